The first kappa shape index (κ1) is 14.5. The summed E-state index contributed by atoms with van der Waals surface area (Å²) in [6.07, 6.45) is 0.763. The zero-order chi connectivity index (χ0) is 14.5. The third-order valence-corrected chi connectivity index (χ3v) is 3.31. The zero-order valence-corrected chi connectivity index (χ0v) is 12.4. The molecule has 0 bridgehead atoms. The van der Waals surface area contributed by atoms with Crippen LogP contribution in [0.3, 0.4) is 0 Å². The van der Waals surface area contributed by atoms with Gasteiger partial charge in [0.25, 0.3) is 5.89 Å². The predicted molar refractivity (Wildman–Crippen MR) is 76.7 cm³/mol. The highest BCUT2D eigenvalue weighted by molar-refractivity contribution is 5.37. The van der Waals surface area contributed by atoms with E-state index in [-0.39, 0.29) is 0 Å². The molecule has 0 aliphatic rings. The van der Waals surface area contributed by atoms with E-state index in [1.807, 2.05) is 27.0 Å². The molecule has 1 heterocycles. The van der Waals surface area contributed by atoms with Gasteiger partial charge in [-0.15, -0.1) is 0 Å². The molecule has 2 aromatic rings. The molecule has 20 heavy (non-hydrogen) atoms. The van der Waals surface area contributed by atoms with Gasteiger partial charge in [-0.05, 0) is 38.1 Å². The van der Waals surface area contributed by atoms with Crippen molar-refractivity contribution in [3.05, 3.63) is 41.0 Å². The Morgan fingerprint density at radius 2 is 2.20 bits per heavy atom. The summed E-state index contributed by atoms with van der Waals surface area (Å²) in [5.41, 5.74) is 2.34. The van der Waals surface area contributed by atoms with Gasteiger partial charge < -0.3 is 14.6 Å². The first-order valence-electron chi connectivity index (χ1n) is 6.86. The van der Waals surface area contributed by atoms with Gasteiger partial charge in [0.05, 0.1) is 0 Å². The van der Waals surface area contributed by atoms with Gasteiger partial charge in [0.15, 0.2) is 12.4 Å². The largest absolute Gasteiger partial charge is 0.483 e. The average molecular weight is 275 g/mol. The van der Waals surface area contributed by atoms with Gasteiger partial charge in [-0.2, -0.15) is 4.98 Å². The van der Waals surface area contributed by atoms with E-state index in [0.29, 0.717) is 24.4 Å². The number of aryl methyl sites for hydroxylation is 2. The number of aromatic nitrogens is 2. The minimum atomic E-state index is 0.300. The molecule has 1 atom stereocenters. The summed E-state index contributed by atoms with van der Waals surface area (Å²) >= 11 is 0. The molecule has 108 valence electrons. The minimum absolute atomic E-state index is 0.300. The highest BCUT2D eigenvalue weighted by atomic mass is 16.5. The lowest BCUT2D eigenvalue weighted by atomic mass is 10.1. The highest BCUT2D eigenvalue weighted by Gasteiger charge is 2.09. The van der Waals surface area contributed by atoms with Gasteiger partial charge in [-0.3, -0.25) is 0 Å². The molecule has 1 aromatic heterocycles. The van der Waals surface area contributed by atoms with E-state index in [1.165, 1.54) is 5.56 Å². The molecule has 5 nitrogen and oxygen atoms in total. The van der Waals surface area contributed by atoms with E-state index >= 15 is 0 Å². The van der Waals surface area contributed by atoms with Crippen molar-refractivity contribution in [3.63, 3.8) is 0 Å². The monoisotopic (exact) mass is 275 g/mol. The second-order valence-corrected chi connectivity index (χ2v) is 4.78. The van der Waals surface area contributed by atoms with Crippen LogP contribution < -0.4 is 10.1 Å². The van der Waals surface area contributed by atoms with Crippen molar-refractivity contribution in [2.45, 2.75) is 39.8 Å². The van der Waals surface area contributed by atoms with Crippen molar-refractivity contribution in [3.8, 4) is 5.75 Å². The molecule has 2 rings (SSSR count). The molecule has 1 aromatic carbocycles. The molecule has 0 aliphatic carbocycles. The van der Waals surface area contributed by atoms with Crippen LogP contribution in [-0.4, -0.2) is 17.2 Å². The zero-order valence-electron chi connectivity index (χ0n) is 12.4. The third kappa shape index (κ3) is 3.36. The fourth-order valence-electron chi connectivity index (χ4n) is 1.90. The van der Waals surface area contributed by atoms with Gasteiger partial charge >= 0.3 is 0 Å². The van der Waals surface area contributed by atoms with Crippen molar-refractivity contribution in [1.82, 2.24) is 15.5 Å². The van der Waals surface area contributed by atoms with E-state index in [4.69, 9.17) is 9.26 Å². The van der Waals surface area contributed by atoms with Gasteiger partial charge in [0.1, 0.15) is 5.75 Å². The molecule has 0 amide bonds. The van der Waals surface area contributed by atoms with Crippen LogP contribution in [0, 0.1) is 6.92 Å². The summed E-state index contributed by atoms with van der Waals surface area (Å²) in [5.74, 6) is 2.06. The Morgan fingerprint density at radius 1 is 1.40 bits per heavy atom. The van der Waals surface area contributed by atoms with Crippen LogP contribution in [0.4, 0.5) is 0 Å². The van der Waals surface area contributed by atoms with Crippen LogP contribution in [-0.2, 0) is 13.0 Å². The van der Waals surface area contributed by atoms with Gasteiger partial charge in [0, 0.05) is 12.5 Å². The average Bonchev–Trinajstić information content (AvgIpc) is 2.93. The SMILES string of the molecule is CCc1noc(COc2ccc(C(C)NC)cc2C)n1. The second-order valence-electron chi connectivity index (χ2n) is 4.78. The number of rotatable bonds is 6. The molecular formula is C15H21N3O2. The number of hydrogen-bond acceptors (Lipinski definition) is 5. The summed E-state index contributed by atoms with van der Waals surface area (Å²) in [6, 6.07) is 6.50. The number of nitrogens with zero attached hydrogens (tertiary/aromatic N) is 2. The second kappa shape index (κ2) is 6.52. The molecule has 5 heteroatoms. The van der Waals surface area contributed by atoms with Gasteiger partial charge in [0.2, 0.25) is 0 Å². The number of benzene rings is 1. The summed E-state index contributed by atoms with van der Waals surface area (Å²) in [4.78, 5) is 4.22. The van der Waals surface area contributed by atoms with E-state index in [9.17, 15) is 0 Å². The lowest BCUT2D eigenvalue weighted by molar-refractivity contribution is 0.241. The maximum Gasteiger partial charge on any atom is 0.264 e. The molecule has 1 unspecified atom stereocenters. The third-order valence-electron chi connectivity index (χ3n) is 3.31. The highest BCUT2D eigenvalue weighted by Crippen LogP contribution is 2.23. The van der Waals surface area contributed by atoms with Crippen LogP contribution in [0.15, 0.2) is 22.7 Å². The minimum Gasteiger partial charge on any atom is -0.483 e. The van der Waals surface area contributed by atoms with Gasteiger partial charge in [-0.25, -0.2) is 0 Å². The van der Waals surface area contributed by atoms with E-state index in [0.717, 1.165) is 17.7 Å². The first-order chi connectivity index (χ1) is 9.63. The Balaban J connectivity index is 2.02. The van der Waals surface area contributed by atoms with E-state index in [1.54, 1.807) is 0 Å². The van der Waals surface area contributed by atoms with Crippen molar-refractivity contribution in [2.24, 2.45) is 0 Å². The summed E-state index contributed by atoms with van der Waals surface area (Å²) < 4.78 is 10.8. The lowest BCUT2D eigenvalue weighted by Gasteiger charge is -2.13. The van der Waals surface area contributed by atoms with Gasteiger partial charge in [-0.1, -0.05) is 24.2 Å². The Morgan fingerprint density at radius 3 is 2.80 bits per heavy atom. The van der Waals surface area contributed by atoms with E-state index < -0.39 is 0 Å². The Kier molecular flexibility index (Phi) is 4.74. The van der Waals surface area contributed by atoms with Crippen molar-refractivity contribution in [1.29, 1.82) is 0 Å². The van der Waals surface area contributed by atoms with Crippen LogP contribution in [0.25, 0.3) is 0 Å². The quantitative estimate of drug-likeness (QED) is 0.878. The topological polar surface area (TPSA) is 60.2 Å². The maximum atomic E-state index is 5.73. The van der Waals surface area contributed by atoms with Crippen LogP contribution in [0.1, 0.15) is 42.7 Å². The lowest BCUT2D eigenvalue weighted by Crippen LogP contribution is -2.12. The molecule has 0 spiro atoms. The van der Waals surface area contributed by atoms with E-state index in [2.05, 4.69) is 34.5 Å². The van der Waals surface area contributed by atoms with Crippen LogP contribution >= 0.6 is 0 Å². The number of nitrogens with one attached hydrogen (secondary N) is 1. The van der Waals surface area contributed by atoms with Crippen LogP contribution in [0.2, 0.25) is 0 Å². The van der Waals surface area contributed by atoms with Crippen LogP contribution in [0.5, 0.6) is 5.75 Å². The number of ether oxygens (including phenoxy) is 1. The summed E-state index contributed by atoms with van der Waals surface area (Å²) in [5, 5.41) is 7.06. The Hall–Kier alpha value is -1.88. The molecule has 1 N–H and O–H groups in total. The standard InChI is InChI=1S/C15H21N3O2/c1-5-14-17-15(20-18-14)9-19-13-7-6-12(8-10(13)2)11(3)16-4/h6-8,11,16H,5,9H2,1-4H3. The smallest absolute Gasteiger partial charge is 0.264 e. The van der Waals surface area contributed by atoms with Crippen molar-refractivity contribution >= 4 is 0 Å². The molecule has 0 aliphatic heterocycles. The summed E-state index contributed by atoms with van der Waals surface area (Å²) in [7, 11) is 1.95. The molecular weight excluding hydrogens is 254 g/mol. The van der Waals surface area contributed by atoms with Crippen molar-refractivity contribution in [2.75, 3.05) is 7.05 Å². The molecule has 0 fully saturated rings. The Bertz CT molecular complexity index is 566. The normalized spacial score (nSPS) is 12.4. The fraction of sp³-hybridized carbons (Fsp3) is 0.467. The Labute approximate surface area is 119 Å². The number of hydrogen-bond donors (Lipinski definition) is 1. The van der Waals surface area contributed by atoms with Crippen molar-refractivity contribution < 1.29 is 9.26 Å². The predicted octanol–water partition coefficient (Wildman–Crippen LogP) is 2.80. The molecule has 0 radical (unpaired) electrons. The maximum absolute atomic E-state index is 5.73. The fourth-order valence-corrected chi connectivity index (χ4v) is 1.90. The summed E-state index contributed by atoms with van der Waals surface area (Å²) in [6.45, 7) is 6.45. The molecule has 0 saturated carbocycles. The first-order valence-corrected chi connectivity index (χ1v) is 6.86. The molecule has 0 saturated heterocycles.